The first-order valence-electron chi connectivity index (χ1n) is 10.3. The van der Waals surface area contributed by atoms with E-state index < -0.39 is 0 Å². The lowest BCUT2D eigenvalue weighted by Gasteiger charge is -2.53. The third-order valence-electron chi connectivity index (χ3n) is 7.37. The van der Waals surface area contributed by atoms with Crippen molar-refractivity contribution in [2.45, 2.75) is 79.6 Å². The Kier molecular flexibility index (Phi) is 5.32. The second-order valence-corrected chi connectivity index (χ2v) is 9.59. The Morgan fingerprint density at radius 3 is 2.84 bits per heavy atom. The van der Waals surface area contributed by atoms with Crippen LogP contribution in [0.25, 0.3) is 0 Å². The van der Waals surface area contributed by atoms with Gasteiger partial charge in [0.1, 0.15) is 0 Å². The Labute approximate surface area is 155 Å². The van der Waals surface area contributed by atoms with Crippen LogP contribution >= 0.6 is 0 Å². The fourth-order valence-corrected chi connectivity index (χ4v) is 5.44. The van der Waals surface area contributed by atoms with Gasteiger partial charge in [0.2, 0.25) is 0 Å². The smallest absolute Gasteiger partial charge is 0.0188 e. The first-order chi connectivity index (χ1) is 11.8. The topological polar surface area (TPSA) is 15.8 Å². The molecule has 1 heterocycles. The van der Waals surface area contributed by atoms with Crippen LogP contribution in [0.5, 0.6) is 0 Å². The van der Waals surface area contributed by atoms with Crippen LogP contribution in [0.1, 0.15) is 78.8 Å². The second-order valence-electron chi connectivity index (χ2n) is 9.59. The molecule has 0 aliphatic heterocycles. The molecule has 138 valence electrons. The van der Waals surface area contributed by atoms with E-state index >= 15 is 0 Å². The zero-order chi connectivity index (χ0) is 18.1. The second kappa shape index (κ2) is 7.17. The zero-order valence-electron chi connectivity index (χ0n) is 17.0. The Balaban J connectivity index is 1.68. The number of hydrogen-bond acceptors (Lipinski definition) is 0. The summed E-state index contributed by atoms with van der Waals surface area (Å²) in [4.78, 5) is 3.32. The van der Waals surface area contributed by atoms with Gasteiger partial charge in [-0.05, 0) is 73.8 Å². The van der Waals surface area contributed by atoms with Crippen LogP contribution in [0.2, 0.25) is 0 Å². The van der Waals surface area contributed by atoms with E-state index in [0.717, 1.165) is 18.3 Å². The van der Waals surface area contributed by atoms with Gasteiger partial charge in [-0.2, -0.15) is 0 Å². The minimum absolute atomic E-state index is 0.420. The lowest BCUT2D eigenvalue weighted by molar-refractivity contribution is 0.0590. The standard InChI is InChI=1S/C24H37N/c1-18(17-20-10-8-16-25-20)9-6-15-24(5)19(2)12-13-21-22(24)11-7-14-23(21,3)4/h8-10,13,16,19,22,25H,6-7,11-12,14-15,17H2,1-5H3/b18-9-/t19-,22+,24+/m0/s1. The van der Waals surface area contributed by atoms with Crippen molar-refractivity contribution in [3.05, 3.63) is 47.3 Å². The third kappa shape index (κ3) is 3.81. The predicted octanol–water partition coefficient (Wildman–Crippen LogP) is 7.08. The fourth-order valence-electron chi connectivity index (χ4n) is 5.44. The monoisotopic (exact) mass is 339 g/mol. The summed E-state index contributed by atoms with van der Waals surface area (Å²) < 4.78 is 0. The molecule has 1 aromatic heterocycles. The van der Waals surface area contributed by atoms with Gasteiger partial charge in [0.25, 0.3) is 0 Å². The molecule has 0 radical (unpaired) electrons. The molecule has 0 bridgehead atoms. The molecular formula is C24H37N. The van der Waals surface area contributed by atoms with Crippen LogP contribution in [-0.4, -0.2) is 4.98 Å². The zero-order valence-corrected chi connectivity index (χ0v) is 17.0. The van der Waals surface area contributed by atoms with Gasteiger partial charge in [-0.1, -0.05) is 57.4 Å². The normalized spacial score (nSPS) is 32.2. The summed E-state index contributed by atoms with van der Waals surface area (Å²) in [5.74, 6) is 1.60. The molecule has 1 aromatic rings. The maximum atomic E-state index is 3.32. The largest absolute Gasteiger partial charge is 0.365 e. The molecule has 3 rings (SSSR count). The van der Waals surface area contributed by atoms with Crippen molar-refractivity contribution < 1.29 is 0 Å². The lowest BCUT2D eigenvalue weighted by Crippen LogP contribution is -2.43. The van der Waals surface area contributed by atoms with Gasteiger partial charge in [-0.3, -0.25) is 0 Å². The summed E-state index contributed by atoms with van der Waals surface area (Å²) in [6, 6.07) is 4.27. The van der Waals surface area contributed by atoms with Crippen molar-refractivity contribution in [2.24, 2.45) is 22.7 Å². The maximum Gasteiger partial charge on any atom is 0.0188 e. The van der Waals surface area contributed by atoms with Gasteiger partial charge in [0.05, 0.1) is 0 Å². The minimum Gasteiger partial charge on any atom is -0.365 e. The van der Waals surface area contributed by atoms with Gasteiger partial charge >= 0.3 is 0 Å². The lowest BCUT2D eigenvalue weighted by atomic mass is 9.52. The average Bonchev–Trinajstić information content (AvgIpc) is 3.04. The predicted molar refractivity (Wildman–Crippen MR) is 109 cm³/mol. The number of H-pyrrole nitrogens is 1. The van der Waals surface area contributed by atoms with Gasteiger partial charge in [0, 0.05) is 18.3 Å². The van der Waals surface area contributed by atoms with Crippen molar-refractivity contribution in [1.29, 1.82) is 0 Å². The average molecular weight is 340 g/mol. The van der Waals surface area contributed by atoms with Gasteiger partial charge in [0.15, 0.2) is 0 Å². The third-order valence-corrected chi connectivity index (χ3v) is 7.37. The summed E-state index contributed by atoms with van der Waals surface area (Å²) in [6.07, 6.45) is 16.2. The summed E-state index contributed by atoms with van der Waals surface area (Å²) in [7, 11) is 0. The fraction of sp³-hybridized carbons (Fsp3) is 0.667. The highest BCUT2D eigenvalue weighted by atomic mass is 14.7. The van der Waals surface area contributed by atoms with E-state index in [0.29, 0.717) is 10.8 Å². The Morgan fingerprint density at radius 1 is 1.32 bits per heavy atom. The number of aromatic amines is 1. The van der Waals surface area contributed by atoms with Crippen LogP contribution < -0.4 is 0 Å². The van der Waals surface area contributed by atoms with E-state index in [9.17, 15) is 0 Å². The molecule has 2 aliphatic carbocycles. The molecule has 0 amide bonds. The number of nitrogens with one attached hydrogen (secondary N) is 1. The molecule has 0 unspecified atom stereocenters. The highest BCUT2D eigenvalue weighted by Crippen LogP contribution is 2.57. The van der Waals surface area contributed by atoms with Gasteiger partial charge < -0.3 is 4.98 Å². The summed E-state index contributed by atoms with van der Waals surface area (Å²) in [6.45, 7) is 12.3. The van der Waals surface area contributed by atoms with E-state index in [-0.39, 0.29) is 0 Å². The molecule has 0 aromatic carbocycles. The quantitative estimate of drug-likeness (QED) is 0.551. The van der Waals surface area contributed by atoms with E-state index in [4.69, 9.17) is 0 Å². The molecule has 1 fully saturated rings. The number of allylic oxidation sites excluding steroid dienone is 4. The maximum absolute atomic E-state index is 3.32. The first kappa shape index (κ1) is 18.5. The Morgan fingerprint density at radius 2 is 2.12 bits per heavy atom. The highest BCUT2D eigenvalue weighted by Gasteiger charge is 2.47. The Bertz CT molecular complexity index is 631. The molecule has 3 atom stereocenters. The van der Waals surface area contributed by atoms with Crippen LogP contribution in [0.15, 0.2) is 41.6 Å². The first-order valence-corrected chi connectivity index (χ1v) is 10.3. The molecule has 0 saturated heterocycles. The van der Waals surface area contributed by atoms with Crippen molar-refractivity contribution in [3.8, 4) is 0 Å². The molecular weight excluding hydrogens is 302 g/mol. The molecule has 1 heteroatoms. The molecule has 25 heavy (non-hydrogen) atoms. The van der Waals surface area contributed by atoms with Crippen molar-refractivity contribution in [2.75, 3.05) is 0 Å². The number of aromatic nitrogens is 1. The number of fused-ring (bicyclic) bond motifs is 1. The summed E-state index contributed by atoms with van der Waals surface area (Å²) >= 11 is 0. The van der Waals surface area contributed by atoms with Crippen molar-refractivity contribution in [3.63, 3.8) is 0 Å². The van der Waals surface area contributed by atoms with E-state index in [1.54, 1.807) is 5.57 Å². The number of hydrogen-bond donors (Lipinski definition) is 1. The van der Waals surface area contributed by atoms with E-state index in [1.807, 2.05) is 6.20 Å². The minimum atomic E-state index is 0.420. The number of rotatable bonds is 5. The van der Waals surface area contributed by atoms with Crippen molar-refractivity contribution in [1.82, 2.24) is 4.98 Å². The molecule has 1 saturated carbocycles. The Hall–Kier alpha value is -1.24. The summed E-state index contributed by atoms with van der Waals surface area (Å²) in [5, 5.41) is 0. The molecule has 2 aliphatic rings. The molecule has 1 N–H and O–H groups in total. The van der Waals surface area contributed by atoms with Crippen LogP contribution in [0.4, 0.5) is 0 Å². The summed E-state index contributed by atoms with van der Waals surface area (Å²) in [5.41, 5.74) is 5.49. The molecule has 1 nitrogen and oxygen atoms in total. The SMILES string of the molecule is C/C(=C/CC[C@@]1(C)[C@@H]2CCCC(C)(C)C2=CC[C@@H]1C)Cc1ccc[nH]1. The van der Waals surface area contributed by atoms with Crippen LogP contribution in [0.3, 0.4) is 0 Å². The van der Waals surface area contributed by atoms with Crippen molar-refractivity contribution >= 4 is 0 Å². The van der Waals surface area contributed by atoms with E-state index in [1.165, 1.54) is 49.8 Å². The van der Waals surface area contributed by atoms with Crippen LogP contribution in [-0.2, 0) is 6.42 Å². The van der Waals surface area contributed by atoms with E-state index in [2.05, 4.69) is 63.9 Å². The highest BCUT2D eigenvalue weighted by molar-refractivity contribution is 5.25. The van der Waals surface area contributed by atoms with Gasteiger partial charge in [-0.25, -0.2) is 0 Å². The molecule has 0 spiro atoms. The van der Waals surface area contributed by atoms with Crippen LogP contribution in [0, 0.1) is 22.7 Å². The van der Waals surface area contributed by atoms with Gasteiger partial charge in [-0.15, -0.1) is 0 Å².